The summed E-state index contributed by atoms with van der Waals surface area (Å²) in [4.78, 5) is 10.8. The third kappa shape index (κ3) is 3.40. The summed E-state index contributed by atoms with van der Waals surface area (Å²) < 4.78 is 0. The minimum atomic E-state index is -0.134. The van der Waals surface area contributed by atoms with Crippen molar-refractivity contribution >= 4 is 18.5 Å². The van der Waals surface area contributed by atoms with Crippen LogP contribution in [0.4, 0.5) is 0 Å². The van der Waals surface area contributed by atoms with E-state index in [9.17, 15) is 4.79 Å². The van der Waals surface area contributed by atoms with E-state index < -0.39 is 0 Å². The molecule has 0 radical (unpaired) electrons. The van der Waals surface area contributed by atoms with Crippen LogP contribution in [0.15, 0.2) is 0 Å². The summed E-state index contributed by atoms with van der Waals surface area (Å²) in [7, 11) is 0. The zero-order valence-electron chi connectivity index (χ0n) is 5.85. The van der Waals surface area contributed by atoms with Crippen molar-refractivity contribution in [2.45, 2.75) is 25.5 Å². The van der Waals surface area contributed by atoms with E-state index in [1.54, 1.807) is 0 Å². The topological polar surface area (TPSA) is 29.1 Å². The number of hydrogen-bond donors (Lipinski definition) is 2. The molecule has 0 saturated heterocycles. The molecule has 0 aliphatic rings. The van der Waals surface area contributed by atoms with Crippen LogP contribution >= 0.6 is 12.6 Å². The molecule has 0 aromatic rings. The molecule has 0 aliphatic heterocycles. The van der Waals surface area contributed by atoms with Gasteiger partial charge in [-0.2, -0.15) is 12.6 Å². The minimum Gasteiger partial charge on any atom is -0.355 e. The van der Waals surface area contributed by atoms with Gasteiger partial charge in [0, 0.05) is 6.54 Å². The van der Waals surface area contributed by atoms with Crippen molar-refractivity contribution in [3.63, 3.8) is 0 Å². The van der Waals surface area contributed by atoms with Gasteiger partial charge in [0.15, 0.2) is 0 Å². The number of nitrogens with one attached hydrogen (secondary N) is 1. The molecule has 1 atom stereocenters. The number of hydrogen-bond acceptors (Lipinski definition) is 2. The predicted octanol–water partition coefficient (Wildman–Crippen LogP) is 0.831. The van der Waals surface area contributed by atoms with Crippen LogP contribution < -0.4 is 5.32 Å². The van der Waals surface area contributed by atoms with Gasteiger partial charge in [-0.3, -0.25) is 4.79 Å². The maximum Gasteiger partial charge on any atom is 0.232 e. The number of carbonyl (C=O) groups excluding carboxylic acids is 1. The lowest BCUT2D eigenvalue weighted by Crippen LogP contribution is -2.30. The van der Waals surface area contributed by atoms with E-state index in [1.807, 2.05) is 13.8 Å². The molecule has 1 unspecified atom stereocenters. The van der Waals surface area contributed by atoms with Crippen molar-refractivity contribution in [3.8, 4) is 0 Å². The molecular weight excluding hydrogens is 134 g/mol. The molecule has 9 heavy (non-hydrogen) atoms. The Morgan fingerprint density at radius 2 is 2.22 bits per heavy atom. The zero-order chi connectivity index (χ0) is 7.28. The number of thiol groups is 1. The Morgan fingerprint density at radius 1 is 1.67 bits per heavy atom. The zero-order valence-corrected chi connectivity index (χ0v) is 6.74. The van der Waals surface area contributed by atoms with E-state index >= 15 is 0 Å². The molecule has 0 aliphatic carbocycles. The second-order valence-electron chi connectivity index (χ2n) is 1.82. The van der Waals surface area contributed by atoms with E-state index in [0.29, 0.717) is 6.54 Å². The molecule has 0 aromatic carbocycles. The summed E-state index contributed by atoms with van der Waals surface area (Å²) in [6.07, 6.45) is 0.787. The molecule has 0 fully saturated rings. The van der Waals surface area contributed by atoms with E-state index in [0.717, 1.165) is 6.42 Å². The maximum atomic E-state index is 10.8. The normalized spacial score (nSPS) is 12.8. The van der Waals surface area contributed by atoms with Gasteiger partial charge < -0.3 is 5.32 Å². The molecule has 0 bridgehead atoms. The molecule has 3 heteroatoms. The van der Waals surface area contributed by atoms with Crippen LogP contribution in [0.3, 0.4) is 0 Å². The Labute approximate surface area is 61.4 Å². The predicted molar refractivity (Wildman–Crippen MR) is 41.7 cm³/mol. The summed E-state index contributed by atoms with van der Waals surface area (Å²) >= 11 is 4.05. The Balaban J connectivity index is 3.46. The monoisotopic (exact) mass is 147 g/mol. The summed E-state index contributed by atoms with van der Waals surface area (Å²) in [6.45, 7) is 4.52. The molecule has 2 nitrogen and oxygen atoms in total. The van der Waals surface area contributed by atoms with Gasteiger partial charge in [-0.15, -0.1) is 0 Å². The van der Waals surface area contributed by atoms with Crippen LogP contribution in [-0.2, 0) is 4.79 Å². The summed E-state index contributed by atoms with van der Waals surface area (Å²) in [5, 5.41) is 2.55. The first-order chi connectivity index (χ1) is 4.22. The van der Waals surface area contributed by atoms with Crippen molar-refractivity contribution in [2.24, 2.45) is 0 Å². The van der Waals surface area contributed by atoms with Crippen LogP contribution in [0.25, 0.3) is 0 Å². The average molecular weight is 147 g/mol. The number of carbonyl (C=O) groups is 1. The highest BCUT2D eigenvalue weighted by atomic mass is 32.1. The van der Waals surface area contributed by atoms with Gasteiger partial charge in [-0.1, -0.05) is 6.92 Å². The smallest absolute Gasteiger partial charge is 0.232 e. The quantitative estimate of drug-likeness (QED) is 0.569. The molecule has 54 valence electrons. The van der Waals surface area contributed by atoms with Crippen LogP contribution in [0, 0.1) is 0 Å². The summed E-state index contributed by atoms with van der Waals surface area (Å²) in [5.41, 5.74) is 0. The molecule has 0 aromatic heterocycles. The van der Waals surface area contributed by atoms with E-state index in [-0.39, 0.29) is 11.2 Å². The lowest BCUT2D eigenvalue weighted by Gasteiger charge is -2.05. The fourth-order valence-electron chi connectivity index (χ4n) is 0.477. The van der Waals surface area contributed by atoms with Gasteiger partial charge in [0.05, 0.1) is 5.25 Å². The first kappa shape index (κ1) is 8.82. The molecule has 1 N–H and O–H groups in total. The van der Waals surface area contributed by atoms with Gasteiger partial charge in [-0.25, -0.2) is 0 Å². The Morgan fingerprint density at radius 3 is 2.56 bits per heavy atom. The average Bonchev–Trinajstić information content (AvgIpc) is 1.87. The van der Waals surface area contributed by atoms with Crippen LogP contribution in [0.5, 0.6) is 0 Å². The first-order valence-corrected chi connectivity index (χ1v) is 3.69. The van der Waals surface area contributed by atoms with Crippen molar-refractivity contribution < 1.29 is 4.79 Å². The third-order valence-corrected chi connectivity index (χ3v) is 1.64. The van der Waals surface area contributed by atoms with Crippen LogP contribution in [-0.4, -0.2) is 17.7 Å². The van der Waals surface area contributed by atoms with Crippen molar-refractivity contribution in [2.75, 3.05) is 6.54 Å². The molecule has 0 spiro atoms. The third-order valence-electron chi connectivity index (χ3n) is 1.04. The largest absolute Gasteiger partial charge is 0.355 e. The molecule has 1 amide bonds. The fourth-order valence-corrected chi connectivity index (χ4v) is 0.569. The van der Waals surface area contributed by atoms with Crippen LogP contribution in [0.1, 0.15) is 20.3 Å². The lowest BCUT2D eigenvalue weighted by atomic mass is 10.3. The highest BCUT2D eigenvalue weighted by molar-refractivity contribution is 7.81. The van der Waals surface area contributed by atoms with Crippen molar-refractivity contribution in [3.05, 3.63) is 0 Å². The molecule has 0 rings (SSSR count). The van der Waals surface area contributed by atoms with Crippen molar-refractivity contribution in [1.29, 1.82) is 0 Å². The maximum absolute atomic E-state index is 10.8. The molecule has 0 saturated carbocycles. The lowest BCUT2D eigenvalue weighted by molar-refractivity contribution is -0.120. The van der Waals surface area contributed by atoms with Gasteiger partial charge in [0.25, 0.3) is 0 Å². The second-order valence-corrected chi connectivity index (χ2v) is 2.44. The molecule has 0 heterocycles. The summed E-state index contributed by atoms with van der Waals surface area (Å²) in [6, 6.07) is 0. The van der Waals surface area contributed by atoms with Gasteiger partial charge in [0.2, 0.25) is 5.91 Å². The Hall–Kier alpha value is -0.180. The Kier molecular flexibility index (Phi) is 4.58. The number of amides is 1. The van der Waals surface area contributed by atoms with E-state index in [4.69, 9.17) is 0 Å². The standard InChI is InChI=1S/C6H13NOS/c1-3-5(9)6(8)7-4-2/h5,9H,3-4H2,1-2H3,(H,7,8). The first-order valence-electron chi connectivity index (χ1n) is 3.18. The highest BCUT2D eigenvalue weighted by Gasteiger charge is 2.08. The Bertz CT molecular complexity index is 95.1. The highest BCUT2D eigenvalue weighted by Crippen LogP contribution is 1.98. The second kappa shape index (κ2) is 4.68. The fraction of sp³-hybridized carbons (Fsp3) is 0.833. The minimum absolute atomic E-state index is 0.0309. The van der Waals surface area contributed by atoms with Gasteiger partial charge in [0.1, 0.15) is 0 Å². The van der Waals surface area contributed by atoms with E-state index in [1.165, 1.54) is 0 Å². The van der Waals surface area contributed by atoms with Gasteiger partial charge in [-0.05, 0) is 13.3 Å². The summed E-state index contributed by atoms with van der Waals surface area (Å²) in [5.74, 6) is 0.0309. The SMILES string of the molecule is CCNC(=O)C(S)CC. The van der Waals surface area contributed by atoms with Crippen molar-refractivity contribution in [1.82, 2.24) is 5.32 Å². The number of rotatable bonds is 3. The molecular formula is C6H13NOS. The van der Waals surface area contributed by atoms with Gasteiger partial charge >= 0.3 is 0 Å². The van der Waals surface area contributed by atoms with Crippen LogP contribution in [0.2, 0.25) is 0 Å². The van der Waals surface area contributed by atoms with E-state index in [2.05, 4.69) is 17.9 Å².